The molecule has 3 atom stereocenters. The van der Waals surface area contributed by atoms with E-state index in [1.807, 2.05) is 14.1 Å². The molecule has 3 rings (SSSR count). The van der Waals surface area contributed by atoms with Crippen molar-refractivity contribution in [1.29, 1.82) is 0 Å². The average molecular weight is 248 g/mol. The summed E-state index contributed by atoms with van der Waals surface area (Å²) in [6.07, 6.45) is 4.28. The molecule has 0 amide bonds. The Labute approximate surface area is 108 Å². The van der Waals surface area contributed by atoms with Crippen molar-refractivity contribution < 1.29 is 9.53 Å². The molecule has 98 valence electrons. The van der Waals surface area contributed by atoms with Crippen LogP contribution in [0.4, 0.5) is 0 Å². The Morgan fingerprint density at radius 3 is 3.11 bits per heavy atom. The summed E-state index contributed by atoms with van der Waals surface area (Å²) < 4.78 is 7.89. The van der Waals surface area contributed by atoms with Gasteiger partial charge in [0.25, 0.3) is 0 Å². The fourth-order valence-electron chi connectivity index (χ4n) is 3.33. The molecule has 3 heterocycles. The minimum Gasteiger partial charge on any atom is -0.461 e. The van der Waals surface area contributed by atoms with E-state index in [9.17, 15) is 4.79 Å². The van der Waals surface area contributed by atoms with Gasteiger partial charge in [0, 0.05) is 25.0 Å². The smallest absolute Gasteiger partial charge is 0.311 e. The molecule has 1 aromatic heterocycles. The van der Waals surface area contributed by atoms with Gasteiger partial charge in [0.05, 0.1) is 11.8 Å². The number of nitrogens with zero attached hydrogens (tertiary/aromatic N) is 2. The second-order valence-electron chi connectivity index (χ2n) is 5.64. The van der Waals surface area contributed by atoms with Crippen LogP contribution in [0.5, 0.6) is 0 Å². The summed E-state index contributed by atoms with van der Waals surface area (Å²) in [6, 6.07) is 4.22. The quantitative estimate of drug-likeness (QED) is 0.743. The van der Waals surface area contributed by atoms with Crippen LogP contribution in [-0.2, 0) is 16.1 Å². The number of carbonyl (C=O) groups excluding carboxylic acids is 1. The van der Waals surface area contributed by atoms with Crippen LogP contribution in [-0.4, -0.2) is 42.2 Å². The summed E-state index contributed by atoms with van der Waals surface area (Å²) >= 11 is 0. The highest BCUT2D eigenvalue weighted by molar-refractivity contribution is 5.77. The largest absolute Gasteiger partial charge is 0.461 e. The maximum absolute atomic E-state index is 12.1. The zero-order chi connectivity index (χ0) is 12.7. The highest BCUT2D eigenvalue weighted by Gasteiger charge is 2.47. The molecule has 0 radical (unpaired) electrons. The number of hydrogen-bond donors (Lipinski definition) is 0. The second kappa shape index (κ2) is 4.43. The maximum Gasteiger partial charge on any atom is 0.311 e. The molecule has 0 aromatic carbocycles. The Hall–Kier alpha value is -1.29. The Kier molecular flexibility index (Phi) is 2.90. The van der Waals surface area contributed by atoms with Gasteiger partial charge in [-0.2, -0.15) is 0 Å². The molecule has 2 aliphatic heterocycles. The van der Waals surface area contributed by atoms with Crippen LogP contribution in [0.2, 0.25) is 0 Å². The lowest BCUT2D eigenvalue weighted by atomic mass is 9.86. The molecule has 0 aliphatic carbocycles. The molecule has 0 saturated carbocycles. The van der Waals surface area contributed by atoms with E-state index in [2.05, 4.69) is 27.8 Å². The van der Waals surface area contributed by atoms with E-state index >= 15 is 0 Å². The predicted molar refractivity (Wildman–Crippen MR) is 68.3 cm³/mol. The number of aryl methyl sites for hydroxylation is 1. The van der Waals surface area contributed by atoms with Gasteiger partial charge in [0.1, 0.15) is 6.10 Å². The molecule has 1 aromatic rings. The Morgan fingerprint density at radius 2 is 2.33 bits per heavy atom. The first-order valence-corrected chi connectivity index (χ1v) is 6.67. The topological polar surface area (TPSA) is 34.5 Å². The summed E-state index contributed by atoms with van der Waals surface area (Å²) in [7, 11) is 4.02. The lowest BCUT2D eigenvalue weighted by Crippen LogP contribution is -2.29. The van der Waals surface area contributed by atoms with Gasteiger partial charge >= 0.3 is 5.97 Å². The molecule has 1 fully saturated rings. The fourth-order valence-corrected chi connectivity index (χ4v) is 3.33. The molecule has 18 heavy (non-hydrogen) atoms. The number of ether oxygens (including phenoxy) is 1. The third-order valence-corrected chi connectivity index (χ3v) is 4.06. The van der Waals surface area contributed by atoms with Crippen molar-refractivity contribution in [3.8, 4) is 0 Å². The highest BCUT2D eigenvalue weighted by atomic mass is 16.6. The van der Waals surface area contributed by atoms with Crippen LogP contribution in [0.3, 0.4) is 0 Å². The third kappa shape index (κ3) is 1.85. The van der Waals surface area contributed by atoms with Gasteiger partial charge in [0.15, 0.2) is 0 Å². The molecule has 0 spiro atoms. The predicted octanol–water partition coefficient (Wildman–Crippen LogP) is 1.47. The summed E-state index contributed by atoms with van der Waals surface area (Å²) in [4.78, 5) is 14.1. The Morgan fingerprint density at radius 1 is 1.50 bits per heavy atom. The third-order valence-electron chi connectivity index (χ3n) is 4.06. The molecule has 1 saturated heterocycles. The van der Waals surface area contributed by atoms with Crippen LogP contribution < -0.4 is 0 Å². The SMILES string of the molecule is CN(C)CC1C(=O)O[C@@H]2CCCn3cccc3[C@@H]12. The van der Waals surface area contributed by atoms with E-state index in [1.54, 1.807) is 0 Å². The molecule has 4 nitrogen and oxygen atoms in total. The lowest BCUT2D eigenvalue weighted by molar-refractivity contribution is -0.144. The van der Waals surface area contributed by atoms with E-state index in [0.717, 1.165) is 25.9 Å². The Bertz CT molecular complexity index is 452. The monoisotopic (exact) mass is 248 g/mol. The van der Waals surface area contributed by atoms with Gasteiger partial charge in [-0.15, -0.1) is 0 Å². The molecule has 4 heteroatoms. The van der Waals surface area contributed by atoms with E-state index in [0.29, 0.717) is 0 Å². The van der Waals surface area contributed by atoms with Gasteiger partial charge in [-0.1, -0.05) is 0 Å². The van der Waals surface area contributed by atoms with Crippen molar-refractivity contribution in [2.75, 3.05) is 20.6 Å². The van der Waals surface area contributed by atoms with Crippen LogP contribution in [0.1, 0.15) is 24.5 Å². The zero-order valence-corrected chi connectivity index (χ0v) is 11.0. The molecule has 0 N–H and O–H groups in total. The van der Waals surface area contributed by atoms with E-state index in [-0.39, 0.29) is 23.9 Å². The van der Waals surface area contributed by atoms with Crippen molar-refractivity contribution in [1.82, 2.24) is 9.47 Å². The number of esters is 1. The summed E-state index contributed by atoms with van der Waals surface area (Å²) in [5.41, 5.74) is 1.27. The van der Waals surface area contributed by atoms with Gasteiger partial charge in [-0.3, -0.25) is 4.79 Å². The minimum atomic E-state index is -0.0200. The van der Waals surface area contributed by atoms with Crippen molar-refractivity contribution >= 4 is 5.97 Å². The molecular formula is C14H20N2O2. The lowest BCUT2D eigenvalue weighted by Gasteiger charge is -2.21. The first-order valence-electron chi connectivity index (χ1n) is 6.67. The van der Waals surface area contributed by atoms with Crippen molar-refractivity contribution in [3.05, 3.63) is 24.0 Å². The Balaban J connectivity index is 1.96. The summed E-state index contributed by atoms with van der Waals surface area (Å²) in [5.74, 6) is 0.197. The molecule has 2 aliphatic rings. The number of aromatic nitrogens is 1. The minimum absolute atomic E-state index is 0.0169. The fraction of sp³-hybridized carbons (Fsp3) is 0.643. The average Bonchev–Trinajstić information content (AvgIpc) is 2.81. The van der Waals surface area contributed by atoms with Crippen molar-refractivity contribution in [3.63, 3.8) is 0 Å². The molecular weight excluding hydrogens is 228 g/mol. The number of rotatable bonds is 2. The van der Waals surface area contributed by atoms with E-state index < -0.39 is 0 Å². The van der Waals surface area contributed by atoms with Crippen LogP contribution in [0.25, 0.3) is 0 Å². The van der Waals surface area contributed by atoms with Crippen LogP contribution >= 0.6 is 0 Å². The zero-order valence-electron chi connectivity index (χ0n) is 11.0. The van der Waals surface area contributed by atoms with Gasteiger partial charge in [-0.25, -0.2) is 0 Å². The van der Waals surface area contributed by atoms with Gasteiger partial charge < -0.3 is 14.2 Å². The van der Waals surface area contributed by atoms with Gasteiger partial charge in [0.2, 0.25) is 0 Å². The second-order valence-corrected chi connectivity index (χ2v) is 5.64. The normalized spacial score (nSPS) is 30.8. The first-order chi connectivity index (χ1) is 8.66. The van der Waals surface area contributed by atoms with Crippen LogP contribution in [0, 0.1) is 5.92 Å². The van der Waals surface area contributed by atoms with Crippen molar-refractivity contribution in [2.45, 2.75) is 31.4 Å². The number of hydrogen-bond acceptors (Lipinski definition) is 3. The molecule has 0 bridgehead atoms. The van der Waals surface area contributed by atoms with Crippen LogP contribution in [0.15, 0.2) is 18.3 Å². The highest BCUT2D eigenvalue weighted by Crippen LogP contribution is 2.41. The summed E-state index contributed by atoms with van der Waals surface area (Å²) in [6.45, 7) is 1.81. The number of fused-ring (bicyclic) bond motifs is 3. The number of carbonyl (C=O) groups is 1. The van der Waals surface area contributed by atoms with Gasteiger partial charge in [-0.05, 0) is 39.1 Å². The first kappa shape index (κ1) is 11.8. The summed E-state index contributed by atoms with van der Waals surface area (Å²) in [5, 5.41) is 0. The maximum atomic E-state index is 12.1. The van der Waals surface area contributed by atoms with E-state index in [4.69, 9.17) is 4.74 Å². The van der Waals surface area contributed by atoms with Crippen molar-refractivity contribution in [2.24, 2.45) is 5.92 Å². The standard InChI is InChI=1S/C14H20N2O2/c1-15(2)9-10-13-11-5-3-7-16(11)8-4-6-12(13)18-14(10)17/h3,5,7,10,12-13H,4,6,8-9H2,1-2H3/t10?,12-,13-/m1/s1. The molecule has 1 unspecified atom stereocenters. The van der Waals surface area contributed by atoms with E-state index in [1.165, 1.54) is 5.69 Å².